The molecular formula is C19H24N4O3. The van der Waals surface area contributed by atoms with Crippen molar-refractivity contribution < 1.29 is 9.26 Å². The van der Waals surface area contributed by atoms with Crippen LogP contribution in [0.15, 0.2) is 15.4 Å². The molecule has 5 rings (SSSR count). The maximum Gasteiger partial charge on any atom is 0.267 e. The molecule has 7 heteroatoms. The lowest BCUT2D eigenvalue weighted by molar-refractivity contribution is 0.102. The molecule has 1 atom stereocenters. The number of hydrogen-bond acceptors (Lipinski definition) is 6. The van der Waals surface area contributed by atoms with Crippen molar-refractivity contribution in [2.45, 2.75) is 64.3 Å². The molecular weight excluding hydrogens is 332 g/mol. The molecule has 0 N–H and O–H groups in total. The monoisotopic (exact) mass is 356 g/mol. The maximum atomic E-state index is 12.4. The Hall–Kier alpha value is -1.99. The zero-order valence-corrected chi connectivity index (χ0v) is 14.9. The van der Waals surface area contributed by atoms with Crippen LogP contribution in [0.3, 0.4) is 0 Å². The van der Waals surface area contributed by atoms with Gasteiger partial charge in [-0.25, -0.2) is 4.68 Å². The summed E-state index contributed by atoms with van der Waals surface area (Å²) in [6.45, 7) is 3.74. The highest BCUT2D eigenvalue weighted by atomic mass is 16.5. The molecule has 1 unspecified atom stereocenters. The molecule has 2 aliphatic heterocycles. The Morgan fingerprint density at radius 1 is 1.23 bits per heavy atom. The van der Waals surface area contributed by atoms with E-state index in [-0.39, 0.29) is 5.56 Å². The second kappa shape index (κ2) is 6.63. The molecule has 138 valence electrons. The van der Waals surface area contributed by atoms with Crippen molar-refractivity contribution in [3.05, 3.63) is 44.7 Å². The van der Waals surface area contributed by atoms with Crippen molar-refractivity contribution >= 4 is 0 Å². The fourth-order valence-corrected chi connectivity index (χ4v) is 4.48. The van der Waals surface area contributed by atoms with Crippen LogP contribution in [-0.2, 0) is 43.7 Å². The van der Waals surface area contributed by atoms with E-state index in [9.17, 15) is 4.79 Å². The molecule has 0 aromatic carbocycles. The van der Waals surface area contributed by atoms with Gasteiger partial charge in [0.25, 0.3) is 5.56 Å². The van der Waals surface area contributed by atoms with Crippen molar-refractivity contribution in [2.24, 2.45) is 0 Å². The highest BCUT2D eigenvalue weighted by molar-refractivity contribution is 5.24. The Kier molecular flexibility index (Phi) is 4.13. The number of nitrogens with zero attached hydrogens (tertiary/aromatic N) is 4. The molecule has 2 aromatic rings. The topological polar surface area (TPSA) is 73.4 Å². The van der Waals surface area contributed by atoms with Gasteiger partial charge in [-0.05, 0) is 44.2 Å². The first-order chi connectivity index (χ1) is 12.8. The molecule has 4 heterocycles. The Balaban J connectivity index is 1.33. The highest BCUT2D eigenvalue weighted by Crippen LogP contribution is 2.26. The van der Waals surface area contributed by atoms with Gasteiger partial charge >= 0.3 is 0 Å². The lowest BCUT2D eigenvalue weighted by Gasteiger charge is -2.24. The summed E-state index contributed by atoms with van der Waals surface area (Å²) in [5, 5.41) is 8.93. The van der Waals surface area contributed by atoms with E-state index < -0.39 is 0 Å². The number of aryl methyl sites for hydroxylation is 2. The molecule has 26 heavy (non-hydrogen) atoms. The van der Waals surface area contributed by atoms with E-state index in [0.29, 0.717) is 25.8 Å². The summed E-state index contributed by atoms with van der Waals surface area (Å²) in [5.41, 5.74) is 4.39. The van der Waals surface area contributed by atoms with Crippen LogP contribution in [0.1, 0.15) is 47.5 Å². The van der Waals surface area contributed by atoms with Gasteiger partial charge in [0, 0.05) is 30.6 Å². The molecule has 0 amide bonds. The molecule has 1 aliphatic carbocycles. The molecule has 0 saturated carbocycles. The zero-order chi connectivity index (χ0) is 17.5. The molecule has 0 radical (unpaired) electrons. The third kappa shape index (κ3) is 2.89. The van der Waals surface area contributed by atoms with Crippen LogP contribution in [0, 0.1) is 0 Å². The number of likely N-dealkylation sites (tertiary alicyclic amines) is 1. The number of hydrogen-bond donors (Lipinski definition) is 0. The second-order valence-corrected chi connectivity index (χ2v) is 7.59. The van der Waals surface area contributed by atoms with Gasteiger partial charge in [0.2, 0.25) is 0 Å². The summed E-state index contributed by atoms with van der Waals surface area (Å²) in [6, 6.07) is 2.11. The quantitative estimate of drug-likeness (QED) is 0.826. The second-order valence-electron chi connectivity index (χ2n) is 7.59. The van der Waals surface area contributed by atoms with E-state index in [1.165, 1.54) is 0 Å². The maximum absolute atomic E-state index is 12.4. The minimum atomic E-state index is 0.0321. The van der Waals surface area contributed by atoms with Crippen LogP contribution >= 0.6 is 0 Å². The summed E-state index contributed by atoms with van der Waals surface area (Å²) in [7, 11) is 0. The predicted octanol–water partition coefficient (Wildman–Crippen LogP) is 1.46. The number of rotatable bonds is 4. The van der Waals surface area contributed by atoms with Gasteiger partial charge in [-0.3, -0.25) is 9.69 Å². The van der Waals surface area contributed by atoms with Crippen LogP contribution in [0.5, 0.6) is 0 Å². The SMILES string of the molecule is O=c1cc2c(nn1CC1CCCN1Cc1noc3c1COCC3)CCC2. The van der Waals surface area contributed by atoms with Crippen molar-refractivity contribution in [2.75, 3.05) is 13.2 Å². The Morgan fingerprint density at radius 3 is 3.15 bits per heavy atom. The van der Waals surface area contributed by atoms with Crippen LogP contribution in [-0.4, -0.2) is 39.0 Å². The number of aromatic nitrogens is 3. The molecule has 1 fully saturated rings. The number of fused-ring (bicyclic) bond motifs is 2. The Bertz CT molecular complexity index is 872. The molecule has 7 nitrogen and oxygen atoms in total. The van der Waals surface area contributed by atoms with E-state index >= 15 is 0 Å². The average Bonchev–Trinajstić information content (AvgIpc) is 3.37. The molecule has 0 bridgehead atoms. The highest BCUT2D eigenvalue weighted by Gasteiger charge is 2.29. The predicted molar refractivity (Wildman–Crippen MR) is 93.8 cm³/mol. The lowest BCUT2D eigenvalue weighted by atomic mass is 10.1. The largest absolute Gasteiger partial charge is 0.376 e. The van der Waals surface area contributed by atoms with Crippen molar-refractivity contribution in [3.63, 3.8) is 0 Å². The van der Waals surface area contributed by atoms with Gasteiger partial charge < -0.3 is 9.26 Å². The van der Waals surface area contributed by atoms with E-state index in [1.807, 2.05) is 0 Å². The number of ether oxygens (including phenoxy) is 1. The summed E-state index contributed by atoms with van der Waals surface area (Å²) in [5.74, 6) is 0.971. The van der Waals surface area contributed by atoms with Gasteiger partial charge in [-0.2, -0.15) is 5.10 Å². The summed E-state index contributed by atoms with van der Waals surface area (Å²) in [6.07, 6.45) is 6.13. The first kappa shape index (κ1) is 16.2. The minimum absolute atomic E-state index is 0.0321. The van der Waals surface area contributed by atoms with Gasteiger partial charge in [0.1, 0.15) is 11.5 Å². The van der Waals surface area contributed by atoms with E-state index in [4.69, 9.17) is 9.26 Å². The smallest absolute Gasteiger partial charge is 0.267 e. The first-order valence-corrected chi connectivity index (χ1v) is 9.66. The molecule has 0 spiro atoms. The molecule has 3 aliphatic rings. The summed E-state index contributed by atoms with van der Waals surface area (Å²) < 4.78 is 12.7. The van der Waals surface area contributed by atoms with Crippen molar-refractivity contribution in [1.82, 2.24) is 19.8 Å². The summed E-state index contributed by atoms with van der Waals surface area (Å²) in [4.78, 5) is 14.8. The van der Waals surface area contributed by atoms with Gasteiger partial charge in [0.15, 0.2) is 0 Å². The van der Waals surface area contributed by atoms with E-state index in [2.05, 4.69) is 15.2 Å². The molecule has 1 saturated heterocycles. The average molecular weight is 356 g/mol. The van der Waals surface area contributed by atoms with Gasteiger partial charge in [-0.1, -0.05) is 5.16 Å². The fourth-order valence-electron chi connectivity index (χ4n) is 4.48. The van der Waals surface area contributed by atoms with Gasteiger partial charge in [0.05, 0.1) is 25.5 Å². The Morgan fingerprint density at radius 2 is 2.19 bits per heavy atom. The van der Waals surface area contributed by atoms with Crippen molar-refractivity contribution in [3.8, 4) is 0 Å². The van der Waals surface area contributed by atoms with Crippen LogP contribution in [0.2, 0.25) is 0 Å². The van der Waals surface area contributed by atoms with E-state index in [0.717, 1.165) is 79.9 Å². The fraction of sp³-hybridized carbons (Fsp3) is 0.632. The minimum Gasteiger partial charge on any atom is -0.376 e. The third-order valence-corrected chi connectivity index (χ3v) is 5.93. The van der Waals surface area contributed by atoms with Gasteiger partial charge in [-0.15, -0.1) is 0 Å². The van der Waals surface area contributed by atoms with Crippen LogP contribution < -0.4 is 5.56 Å². The lowest BCUT2D eigenvalue weighted by Crippen LogP contribution is -2.37. The zero-order valence-electron chi connectivity index (χ0n) is 14.9. The standard InChI is InChI=1S/C19H24N4O3/c24-19-9-13-3-1-5-16(13)20-23(19)10-14-4-2-7-22(14)11-17-15-12-25-8-6-18(15)26-21-17/h9,14H,1-8,10-12H2. The molecule has 2 aromatic heterocycles. The third-order valence-electron chi connectivity index (χ3n) is 5.93. The van der Waals surface area contributed by atoms with E-state index in [1.54, 1.807) is 10.7 Å². The normalized spacial score (nSPS) is 22.5. The Labute approximate surface area is 151 Å². The summed E-state index contributed by atoms with van der Waals surface area (Å²) >= 11 is 0. The van der Waals surface area contributed by atoms with Crippen LogP contribution in [0.4, 0.5) is 0 Å². The van der Waals surface area contributed by atoms with Crippen molar-refractivity contribution in [1.29, 1.82) is 0 Å². The first-order valence-electron chi connectivity index (χ1n) is 9.66. The van der Waals surface area contributed by atoms with Crippen LogP contribution in [0.25, 0.3) is 0 Å².